The van der Waals surface area contributed by atoms with E-state index in [1.807, 2.05) is 0 Å². The number of aliphatic hydroxyl groups is 8. The maximum absolute atomic E-state index is 13.1. The minimum Gasteiger partial charge on any atom is -0.481 e. The van der Waals surface area contributed by atoms with E-state index in [4.69, 9.17) is 28.4 Å². The Hall–Kier alpha value is -1.35. The van der Waals surface area contributed by atoms with Gasteiger partial charge in [0.1, 0.15) is 61.0 Å². The topological polar surface area (TPSA) is 255 Å². The van der Waals surface area contributed by atoms with Crippen molar-refractivity contribution >= 4 is 5.97 Å². The Morgan fingerprint density at radius 1 is 0.714 bits per heavy atom. The second-order valence-electron chi connectivity index (χ2n) is 23.0. The summed E-state index contributed by atoms with van der Waals surface area (Å²) in [6.45, 7) is 17.0. The first-order valence-electron chi connectivity index (χ1n) is 23.6. The van der Waals surface area contributed by atoms with Gasteiger partial charge in [-0.2, -0.15) is 0 Å². The number of hydrogen-bond donors (Lipinski definition) is 9. The van der Waals surface area contributed by atoms with E-state index in [0.29, 0.717) is 18.8 Å². The Balaban J connectivity index is 1.04. The van der Waals surface area contributed by atoms with E-state index in [0.717, 1.165) is 51.4 Å². The average Bonchev–Trinajstić information content (AvgIpc) is 3.22. The first-order valence-corrected chi connectivity index (χ1v) is 23.6. The highest BCUT2D eigenvalue weighted by Gasteiger charge is 2.70. The predicted molar refractivity (Wildman–Crippen MR) is 223 cm³/mol. The fourth-order valence-electron chi connectivity index (χ4n) is 14.8. The summed E-state index contributed by atoms with van der Waals surface area (Å²) in [7, 11) is 0. The molecule has 0 radical (unpaired) electrons. The Morgan fingerprint density at radius 2 is 1.37 bits per heavy atom. The highest BCUT2D eigenvalue weighted by molar-refractivity contribution is 5.76. The number of rotatable bonds is 8. The van der Waals surface area contributed by atoms with Crippen LogP contribution >= 0.6 is 0 Å². The Kier molecular flexibility index (Phi) is 12.8. The molecule has 360 valence electrons. The van der Waals surface area contributed by atoms with Gasteiger partial charge >= 0.3 is 5.97 Å². The molecule has 4 saturated carbocycles. The number of carbonyl (C=O) groups is 1. The van der Waals surface area contributed by atoms with Gasteiger partial charge in [0, 0.05) is 0 Å². The van der Waals surface area contributed by atoms with Gasteiger partial charge in [-0.25, -0.2) is 0 Å². The standard InChI is InChI=1S/C47H76O16/c1-22-30(49)33(52)35(54)38(59-22)63-37-32(51)26(61-39-36(55)34(53)31(50)25(20-48)60-39)21-58-40(37)62-29-12-13-44(6)27(43(29,4)5)11-14-46(8)28(44)10-9-23-24-19-42(2,3)15-17-47(24,41(56)57)18-16-45(23,46)7/h9,22,24-40,48-55H,10-21H2,1-8H3,(H,56,57)/t22-,24+,25-,26+,27+,28-,29+,30-,31-,32+,33+,34+,35+,36-,37-,38-,39+,40+,44+,45-,46-,47+/m1/s1. The van der Waals surface area contributed by atoms with Gasteiger partial charge < -0.3 is 74.4 Å². The molecule has 0 aromatic rings. The van der Waals surface area contributed by atoms with Gasteiger partial charge in [0.05, 0.1) is 30.8 Å². The highest BCUT2D eigenvalue weighted by Crippen LogP contribution is 2.76. The molecule has 16 nitrogen and oxygen atoms in total. The molecule has 0 spiro atoms. The van der Waals surface area contributed by atoms with Crippen molar-refractivity contribution in [3.05, 3.63) is 11.6 Å². The third kappa shape index (κ3) is 7.51. The van der Waals surface area contributed by atoms with Gasteiger partial charge in [0.2, 0.25) is 0 Å². The molecule has 0 unspecified atom stereocenters. The lowest BCUT2D eigenvalue weighted by Gasteiger charge is -2.71. The summed E-state index contributed by atoms with van der Waals surface area (Å²) in [5.74, 6) is -0.0288. The summed E-state index contributed by atoms with van der Waals surface area (Å²) in [5.41, 5.74) is 0.113. The molecule has 8 aliphatic rings. The second kappa shape index (κ2) is 16.7. The van der Waals surface area contributed by atoms with Gasteiger partial charge in [0.25, 0.3) is 0 Å². The molecule has 3 heterocycles. The van der Waals surface area contributed by atoms with Crippen LogP contribution in [-0.2, 0) is 33.2 Å². The van der Waals surface area contributed by atoms with Crippen LogP contribution in [0.5, 0.6) is 0 Å². The van der Waals surface area contributed by atoms with Crippen molar-refractivity contribution in [1.82, 2.24) is 0 Å². The molecule has 0 amide bonds. The summed E-state index contributed by atoms with van der Waals surface area (Å²) in [4.78, 5) is 13.1. The molecule has 5 aliphatic carbocycles. The number of carboxylic acids is 1. The SMILES string of the molecule is C[C@H]1O[C@H](O[C@H]2[C@H](O[C@H]3CC[C@]4(C)[C@H]5CC=C6[C@@H]7CC(C)(C)CC[C@]7(C(=O)O)CC[C@@]6(C)[C@]5(C)CC[C@H]4C3(C)C)OC[C@H](O[C@@H]3O[C@H](CO)[C@@H](O)[C@H](O)[C@H]3O)[C@@H]2O)[C@@H](O)[C@@H](O)[C@@H]1O. The zero-order valence-electron chi connectivity index (χ0n) is 38.3. The van der Waals surface area contributed by atoms with Crippen LogP contribution in [0.3, 0.4) is 0 Å². The molecule has 16 heteroatoms. The molecule has 63 heavy (non-hydrogen) atoms. The lowest BCUT2D eigenvalue weighted by molar-refractivity contribution is -0.380. The van der Waals surface area contributed by atoms with Crippen molar-refractivity contribution in [3.8, 4) is 0 Å². The van der Waals surface area contributed by atoms with Crippen LogP contribution in [-0.4, -0.2) is 157 Å². The largest absolute Gasteiger partial charge is 0.481 e. The number of hydrogen-bond acceptors (Lipinski definition) is 15. The van der Waals surface area contributed by atoms with E-state index in [1.54, 1.807) is 0 Å². The quantitative estimate of drug-likeness (QED) is 0.125. The smallest absolute Gasteiger partial charge is 0.310 e. The van der Waals surface area contributed by atoms with Gasteiger partial charge in [-0.1, -0.05) is 60.1 Å². The van der Waals surface area contributed by atoms with Crippen LogP contribution < -0.4 is 0 Å². The second-order valence-corrected chi connectivity index (χ2v) is 23.0. The van der Waals surface area contributed by atoms with Crippen LogP contribution in [0.15, 0.2) is 11.6 Å². The minimum atomic E-state index is -1.75. The van der Waals surface area contributed by atoms with Crippen LogP contribution in [0, 0.1) is 50.2 Å². The third-order valence-electron chi connectivity index (χ3n) is 19.0. The van der Waals surface area contributed by atoms with Crippen molar-refractivity contribution in [2.24, 2.45) is 50.2 Å². The van der Waals surface area contributed by atoms with Crippen LogP contribution in [0.4, 0.5) is 0 Å². The van der Waals surface area contributed by atoms with E-state index >= 15 is 0 Å². The van der Waals surface area contributed by atoms with Crippen LogP contribution in [0.2, 0.25) is 0 Å². The fraction of sp³-hybridized carbons (Fsp3) is 0.936. The molecule has 8 rings (SSSR count). The van der Waals surface area contributed by atoms with Gasteiger partial charge in [-0.15, -0.1) is 0 Å². The number of allylic oxidation sites excluding steroid dienone is 2. The van der Waals surface area contributed by atoms with E-state index in [9.17, 15) is 50.8 Å². The Bertz CT molecular complexity index is 1720. The molecule has 22 atom stereocenters. The molecule has 9 N–H and O–H groups in total. The first kappa shape index (κ1) is 48.1. The average molecular weight is 897 g/mol. The summed E-state index contributed by atoms with van der Waals surface area (Å²) in [6.07, 6.45) is -10.1. The highest BCUT2D eigenvalue weighted by atomic mass is 16.8. The summed E-state index contributed by atoms with van der Waals surface area (Å²) in [5, 5.41) is 96.0. The maximum atomic E-state index is 13.1. The Morgan fingerprint density at radius 3 is 2.03 bits per heavy atom. The fourth-order valence-corrected chi connectivity index (χ4v) is 14.8. The molecular weight excluding hydrogens is 821 g/mol. The number of aliphatic carboxylic acids is 1. The number of ether oxygens (including phenoxy) is 6. The zero-order valence-corrected chi connectivity index (χ0v) is 38.3. The van der Waals surface area contributed by atoms with E-state index < -0.39 is 109 Å². The third-order valence-corrected chi connectivity index (χ3v) is 19.0. The molecule has 7 fully saturated rings. The van der Waals surface area contributed by atoms with Crippen molar-refractivity contribution in [1.29, 1.82) is 0 Å². The van der Waals surface area contributed by atoms with E-state index in [1.165, 1.54) is 12.5 Å². The zero-order chi connectivity index (χ0) is 46.0. The van der Waals surface area contributed by atoms with Crippen molar-refractivity contribution in [3.63, 3.8) is 0 Å². The van der Waals surface area contributed by atoms with E-state index in [2.05, 4.69) is 54.5 Å². The van der Waals surface area contributed by atoms with Crippen molar-refractivity contribution < 1.29 is 79.2 Å². The molecule has 3 saturated heterocycles. The summed E-state index contributed by atoms with van der Waals surface area (Å²) >= 11 is 0. The van der Waals surface area contributed by atoms with Gasteiger partial charge in [-0.05, 0) is 116 Å². The van der Waals surface area contributed by atoms with Crippen LogP contribution in [0.1, 0.15) is 120 Å². The predicted octanol–water partition coefficient (Wildman–Crippen LogP) is 2.37. The normalized spacial score (nSPS) is 54.1. The summed E-state index contributed by atoms with van der Waals surface area (Å²) in [6, 6.07) is 0. The van der Waals surface area contributed by atoms with Crippen LogP contribution in [0.25, 0.3) is 0 Å². The monoisotopic (exact) mass is 897 g/mol. The molecular formula is C47H76O16. The molecule has 3 aliphatic heterocycles. The first-order chi connectivity index (χ1) is 29.4. The minimum absolute atomic E-state index is 0.0289. The lowest BCUT2D eigenvalue weighted by Crippen LogP contribution is -2.66. The van der Waals surface area contributed by atoms with Crippen molar-refractivity contribution in [2.75, 3.05) is 13.2 Å². The van der Waals surface area contributed by atoms with Gasteiger partial charge in [-0.3, -0.25) is 4.79 Å². The molecule has 0 aromatic heterocycles. The lowest BCUT2D eigenvalue weighted by atomic mass is 9.33. The van der Waals surface area contributed by atoms with E-state index in [-0.39, 0.29) is 46.2 Å². The Labute approximate surface area is 371 Å². The van der Waals surface area contributed by atoms with Gasteiger partial charge in [0.15, 0.2) is 18.9 Å². The maximum Gasteiger partial charge on any atom is 0.310 e. The number of fused-ring (bicyclic) bond motifs is 7. The van der Waals surface area contributed by atoms with Crippen molar-refractivity contribution in [2.45, 2.75) is 212 Å². The molecule has 0 aromatic carbocycles. The summed E-state index contributed by atoms with van der Waals surface area (Å²) < 4.78 is 36.7. The number of aliphatic hydroxyl groups excluding tert-OH is 8. The molecule has 0 bridgehead atoms. The number of carboxylic acid groups (broad SMARTS) is 1.